The molecule has 0 aliphatic carbocycles. The first-order chi connectivity index (χ1) is 15.1. The summed E-state index contributed by atoms with van der Waals surface area (Å²) in [5.74, 6) is -0.394. The molecule has 2 aliphatic heterocycles. The largest absolute Gasteiger partial charge is 0.366 e. The first-order valence-corrected chi connectivity index (χ1v) is 10.9. The fourth-order valence-electron chi connectivity index (χ4n) is 4.01. The first kappa shape index (κ1) is 21.8. The maximum absolute atomic E-state index is 12.9. The Morgan fingerprint density at radius 2 is 1.91 bits per heavy atom. The third-order valence-corrected chi connectivity index (χ3v) is 6.78. The van der Waals surface area contributed by atoms with E-state index >= 15 is 0 Å². The second-order valence-electron chi connectivity index (χ2n) is 8.51. The monoisotopic (exact) mass is 449 g/mol. The Morgan fingerprint density at radius 1 is 1.16 bits per heavy atom. The molecule has 4 rings (SSSR count). The van der Waals surface area contributed by atoms with Crippen LogP contribution in [0.25, 0.3) is 11.6 Å². The van der Waals surface area contributed by atoms with E-state index < -0.39 is 10.8 Å². The summed E-state index contributed by atoms with van der Waals surface area (Å²) in [6.07, 6.45) is 3.94. The highest BCUT2D eigenvalue weighted by Crippen LogP contribution is 2.39. The van der Waals surface area contributed by atoms with Crippen LogP contribution in [0.15, 0.2) is 53.4 Å². The van der Waals surface area contributed by atoms with Crippen LogP contribution >= 0.6 is 11.8 Å². The molecule has 164 valence electrons. The third-order valence-electron chi connectivity index (χ3n) is 5.87. The molecule has 1 fully saturated rings. The number of allylic oxidation sites excluding steroid dienone is 1. The van der Waals surface area contributed by atoms with E-state index in [1.54, 1.807) is 18.2 Å². The van der Waals surface area contributed by atoms with Gasteiger partial charge in [0.05, 0.1) is 21.9 Å². The molecule has 7 nitrogen and oxygen atoms in total. The van der Waals surface area contributed by atoms with Crippen LogP contribution in [0.2, 0.25) is 0 Å². The highest BCUT2D eigenvalue weighted by molar-refractivity contribution is 8.18. The topological polar surface area (TPSA) is 83.8 Å². The van der Waals surface area contributed by atoms with E-state index in [0.717, 1.165) is 39.0 Å². The Morgan fingerprint density at radius 3 is 2.62 bits per heavy atom. The Balaban J connectivity index is 1.59. The zero-order chi connectivity index (χ0) is 23.2. The van der Waals surface area contributed by atoms with Crippen molar-refractivity contribution in [2.24, 2.45) is 0 Å². The Hall–Kier alpha value is -3.39. The number of carbonyl (C=O) groups is 2. The molecule has 0 bridgehead atoms. The minimum atomic E-state index is -0.498. The van der Waals surface area contributed by atoms with E-state index in [2.05, 4.69) is 38.8 Å². The van der Waals surface area contributed by atoms with E-state index in [1.165, 1.54) is 12.1 Å². The molecule has 0 radical (unpaired) electrons. The van der Waals surface area contributed by atoms with Crippen LogP contribution in [0.4, 0.5) is 16.2 Å². The summed E-state index contributed by atoms with van der Waals surface area (Å²) in [6.45, 7) is 6.38. The van der Waals surface area contributed by atoms with Crippen LogP contribution in [0, 0.1) is 10.1 Å². The van der Waals surface area contributed by atoms with E-state index in [0.29, 0.717) is 10.5 Å². The van der Waals surface area contributed by atoms with Crippen LogP contribution in [-0.2, 0) is 11.3 Å². The lowest BCUT2D eigenvalue weighted by molar-refractivity contribution is -0.384. The molecule has 8 heteroatoms. The standard InChI is InChI=1S/C24H23N3O4S/c1-15-13-24(2,3)25(4)20-9-8-16(11-19(15)20)12-21-22(28)26(23(29)32-21)14-17-6-5-7-18(10-17)27(30)31/h5-13H,14H2,1-4H3/b21-12-. The summed E-state index contributed by atoms with van der Waals surface area (Å²) >= 11 is 0.885. The Labute approximate surface area is 190 Å². The van der Waals surface area contributed by atoms with Gasteiger partial charge in [-0.1, -0.05) is 24.3 Å². The molecule has 2 aliphatic rings. The number of hydrogen-bond donors (Lipinski definition) is 0. The molecule has 2 heterocycles. The predicted octanol–water partition coefficient (Wildman–Crippen LogP) is 5.46. The number of nitro benzene ring substituents is 1. The third kappa shape index (κ3) is 3.93. The fraction of sp³-hybridized carbons (Fsp3) is 0.250. The van der Waals surface area contributed by atoms with E-state index in [-0.39, 0.29) is 23.0 Å². The molecule has 1 saturated heterocycles. The number of thioether (sulfide) groups is 1. The van der Waals surface area contributed by atoms with Crippen LogP contribution in [0.5, 0.6) is 0 Å². The second kappa shape index (κ2) is 7.94. The number of non-ortho nitro benzene ring substituents is 1. The van der Waals surface area contributed by atoms with Crippen LogP contribution < -0.4 is 4.90 Å². The van der Waals surface area contributed by atoms with Crippen LogP contribution in [0.3, 0.4) is 0 Å². The quantitative estimate of drug-likeness (QED) is 0.350. The maximum atomic E-state index is 12.9. The van der Waals surface area contributed by atoms with Crippen molar-refractivity contribution in [3.05, 3.63) is 80.3 Å². The molecule has 0 atom stereocenters. The van der Waals surface area contributed by atoms with E-state index in [4.69, 9.17) is 0 Å². The highest BCUT2D eigenvalue weighted by Gasteiger charge is 2.35. The fourth-order valence-corrected chi connectivity index (χ4v) is 4.84. The maximum Gasteiger partial charge on any atom is 0.293 e. The zero-order valence-corrected chi connectivity index (χ0v) is 19.1. The number of benzene rings is 2. The lowest BCUT2D eigenvalue weighted by Gasteiger charge is -2.40. The van der Waals surface area contributed by atoms with Crippen molar-refractivity contribution >= 4 is 45.9 Å². The summed E-state index contributed by atoms with van der Waals surface area (Å²) in [7, 11) is 2.06. The lowest BCUT2D eigenvalue weighted by atomic mass is 9.88. The molecule has 0 N–H and O–H groups in total. The van der Waals surface area contributed by atoms with Gasteiger partial charge in [0.1, 0.15) is 0 Å². The number of imide groups is 1. The van der Waals surface area contributed by atoms with Crippen molar-refractivity contribution in [3.8, 4) is 0 Å². The SMILES string of the molecule is CC1=CC(C)(C)N(C)c2ccc(/C=C3\SC(=O)N(Cc4cccc([N+](=O)[O-])c4)C3=O)cc21. The van der Waals surface area contributed by atoms with Gasteiger partial charge in [0, 0.05) is 30.4 Å². The molecule has 0 spiro atoms. The van der Waals surface area contributed by atoms with Crippen molar-refractivity contribution in [2.75, 3.05) is 11.9 Å². The molecule has 32 heavy (non-hydrogen) atoms. The number of anilines is 1. The minimum absolute atomic E-state index is 0.00437. The Bertz CT molecular complexity index is 1220. The number of carbonyl (C=O) groups excluding carboxylic acids is 2. The molecule has 0 saturated carbocycles. The van der Waals surface area contributed by atoms with Gasteiger partial charge >= 0.3 is 0 Å². The molecule has 2 amide bonds. The van der Waals surface area contributed by atoms with Gasteiger partial charge in [-0.3, -0.25) is 24.6 Å². The van der Waals surface area contributed by atoms with Crippen LogP contribution in [-0.4, -0.2) is 33.6 Å². The number of nitrogens with zero attached hydrogens (tertiary/aromatic N) is 3. The van der Waals surface area contributed by atoms with Crippen molar-refractivity contribution in [2.45, 2.75) is 32.9 Å². The normalized spacial score (nSPS) is 18.8. The van der Waals surface area contributed by atoms with Gasteiger partial charge in [-0.25, -0.2) is 0 Å². The molecule has 0 aromatic heterocycles. The predicted molar refractivity (Wildman–Crippen MR) is 127 cm³/mol. The summed E-state index contributed by atoms with van der Waals surface area (Å²) < 4.78 is 0. The van der Waals surface area contributed by atoms with Crippen LogP contribution in [0.1, 0.15) is 37.5 Å². The summed E-state index contributed by atoms with van der Waals surface area (Å²) in [6, 6.07) is 12.0. The number of rotatable bonds is 4. The molecule has 2 aromatic rings. The number of fused-ring (bicyclic) bond motifs is 1. The smallest absolute Gasteiger partial charge is 0.293 e. The second-order valence-corrected chi connectivity index (χ2v) is 9.50. The number of likely N-dealkylation sites (N-methyl/N-ethyl adjacent to an activating group) is 1. The summed E-state index contributed by atoms with van der Waals surface area (Å²) in [5.41, 5.74) is 4.58. The van der Waals surface area contributed by atoms with Gasteiger partial charge in [0.2, 0.25) is 0 Å². The molecule has 0 unspecified atom stereocenters. The van der Waals surface area contributed by atoms with E-state index in [1.807, 2.05) is 18.2 Å². The molecular formula is C24H23N3O4S. The van der Waals surface area contributed by atoms with Crippen molar-refractivity contribution in [1.82, 2.24) is 4.90 Å². The van der Waals surface area contributed by atoms with Crippen molar-refractivity contribution < 1.29 is 14.5 Å². The van der Waals surface area contributed by atoms with Gasteiger partial charge in [0.25, 0.3) is 16.8 Å². The van der Waals surface area contributed by atoms with Crippen molar-refractivity contribution in [3.63, 3.8) is 0 Å². The summed E-state index contributed by atoms with van der Waals surface area (Å²) in [4.78, 5) is 39.6. The number of amides is 2. The average Bonchev–Trinajstić information content (AvgIpc) is 2.99. The average molecular weight is 450 g/mol. The van der Waals surface area contributed by atoms with Crippen molar-refractivity contribution in [1.29, 1.82) is 0 Å². The minimum Gasteiger partial charge on any atom is -0.366 e. The number of nitro groups is 1. The highest BCUT2D eigenvalue weighted by atomic mass is 32.2. The number of hydrogen-bond acceptors (Lipinski definition) is 6. The van der Waals surface area contributed by atoms with Gasteiger partial charge in [0.15, 0.2) is 0 Å². The first-order valence-electron chi connectivity index (χ1n) is 10.1. The lowest BCUT2D eigenvalue weighted by Crippen LogP contribution is -2.42. The summed E-state index contributed by atoms with van der Waals surface area (Å²) in [5, 5.41) is 10.6. The molecule has 2 aromatic carbocycles. The zero-order valence-electron chi connectivity index (χ0n) is 18.3. The van der Waals surface area contributed by atoms with Gasteiger partial charge in [-0.15, -0.1) is 0 Å². The van der Waals surface area contributed by atoms with Gasteiger partial charge in [-0.05, 0) is 67.4 Å². The van der Waals surface area contributed by atoms with Gasteiger partial charge in [-0.2, -0.15) is 0 Å². The van der Waals surface area contributed by atoms with Gasteiger partial charge < -0.3 is 4.90 Å². The van der Waals surface area contributed by atoms with E-state index in [9.17, 15) is 19.7 Å². The Kier molecular flexibility index (Phi) is 5.42. The molecular weight excluding hydrogens is 426 g/mol.